The third kappa shape index (κ3) is 30.7. The number of likely N-dealkylation sites (tertiary alicyclic amines) is 1. The summed E-state index contributed by atoms with van der Waals surface area (Å²) in [6.45, 7) is 13.7. The fourth-order valence-electron chi connectivity index (χ4n) is 7.58. The molecule has 5 aromatic carbocycles. The number of hydrogen-bond acceptors (Lipinski definition) is 24. The molecule has 0 spiro atoms. The van der Waals surface area contributed by atoms with E-state index in [1.807, 2.05) is 26.0 Å². The molecule has 2 saturated heterocycles. The van der Waals surface area contributed by atoms with Crippen LogP contribution in [-0.4, -0.2) is 152 Å². The van der Waals surface area contributed by atoms with Crippen LogP contribution in [0, 0.1) is 13.8 Å². The van der Waals surface area contributed by atoms with Crippen LogP contribution in [0.1, 0.15) is 100 Å². The Bertz CT molecular complexity index is 3220. The van der Waals surface area contributed by atoms with E-state index in [0.29, 0.717) is 64.1 Å². The normalized spacial score (nSPS) is 11.6. The van der Waals surface area contributed by atoms with Gasteiger partial charge in [0.15, 0.2) is 5.17 Å². The van der Waals surface area contributed by atoms with E-state index in [0.717, 1.165) is 72.4 Å². The molecular formula is C64H81Cl2LiN6O19. The van der Waals surface area contributed by atoms with Crippen molar-refractivity contribution in [3.63, 3.8) is 0 Å². The molecule has 0 aliphatic carbocycles. The molecule has 2 aliphatic rings. The van der Waals surface area contributed by atoms with Gasteiger partial charge in [-0.05, 0) is 187 Å². The van der Waals surface area contributed by atoms with Gasteiger partial charge in [-0.1, -0.05) is 32.2 Å². The second-order valence-corrected chi connectivity index (χ2v) is 18.3. The number of hydrogen-bond donors (Lipinski definition) is 5. The molecular weight excluding hydrogens is 1230 g/mol. The molecule has 9 rings (SSSR count). The van der Waals surface area contributed by atoms with Crippen molar-refractivity contribution in [2.75, 3.05) is 75.1 Å². The van der Waals surface area contributed by atoms with Crippen molar-refractivity contribution in [1.29, 1.82) is 0 Å². The third-order valence-corrected chi connectivity index (χ3v) is 12.5. The van der Waals surface area contributed by atoms with Crippen LogP contribution in [0.4, 0.5) is 0 Å². The number of carboxylic acids is 1. The van der Waals surface area contributed by atoms with Crippen LogP contribution in [0.5, 0.6) is 28.7 Å². The number of oxime groups is 2. The molecule has 25 nitrogen and oxygen atoms in total. The van der Waals surface area contributed by atoms with Crippen LogP contribution in [0.2, 0.25) is 0 Å². The predicted molar refractivity (Wildman–Crippen MR) is 344 cm³/mol. The summed E-state index contributed by atoms with van der Waals surface area (Å²) in [5.74, 6) is 6.28. The third-order valence-electron chi connectivity index (χ3n) is 12.2. The van der Waals surface area contributed by atoms with Gasteiger partial charge in [0, 0.05) is 60.3 Å². The summed E-state index contributed by atoms with van der Waals surface area (Å²) < 4.78 is 49.7. The Labute approximate surface area is 558 Å². The van der Waals surface area contributed by atoms with Crippen molar-refractivity contribution in [2.24, 2.45) is 16.2 Å². The number of carbonyl (C=O) groups excluding carboxylic acids is 3. The van der Waals surface area contributed by atoms with Gasteiger partial charge in [0.05, 0.1) is 55.0 Å². The number of allylic oxidation sites excluding steroid dienone is 1. The summed E-state index contributed by atoms with van der Waals surface area (Å²) in [5.41, 5.74) is 5.92. The van der Waals surface area contributed by atoms with Gasteiger partial charge in [0.25, 0.3) is 0 Å². The topological polar surface area (TPSA) is 359 Å². The van der Waals surface area contributed by atoms with Crippen molar-refractivity contribution in [1.82, 2.24) is 15.2 Å². The zero-order valence-corrected chi connectivity index (χ0v) is 55.0. The Balaban J connectivity index is 0. The second-order valence-electron chi connectivity index (χ2n) is 18.0. The molecule has 0 saturated carbocycles. The Kier molecular flexibility index (Phi) is 46.1. The first kappa shape index (κ1) is 85.2. The molecule has 28 heteroatoms. The Morgan fingerprint density at radius 2 is 1.00 bits per heavy atom. The number of rotatable bonds is 16. The molecule has 2 fully saturated rings. The van der Waals surface area contributed by atoms with E-state index in [4.69, 9.17) is 79.3 Å². The molecule has 0 radical (unpaired) electrons. The molecule has 0 bridgehead atoms. The average molecular weight is 1320 g/mol. The number of aryl methyl sites for hydroxylation is 2. The first-order chi connectivity index (χ1) is 43.0. The van der Waals surface area contributed by atoms with E-state index < -0.39 is 11.9 Å². The SMILES string of the molecule is C1CCOC1.CCOC(=O)C=C(C)N1CCCC1.CCOC(=O)c1c(-c2ccc(OC)cc2)noc1C.COc1ccc(-c2noc(C)c2C(=O)O)cc1.COc1ccc(/C(Cl)=N\O)cc1.COc1ccc(/C=N\O)cc1.COc1ccc(C=O)cc1.Cl.NO.[Li+].[OH-]. The Hall–Kier alpha value is -8.90. The standard InChI is InChI=1S/C14H15NO4.C12H11NO4.C10H17NO2.C8H8ClNO2.C8H9NO2.C8H8O2.C4H8O.ClH.Li.H3NO.H2O/c1-4-18-14(16)12-9(2)19-15-13(12)10-5-7-11(17-3)8-6-10;1-7-10(12(14)15)11(13-17-7)8-3-5-9(16-2)6-4-8;1-3-13-10(12)8-9(2)11-6-4-5-7-11;1-12-7-4-2-6(3-5-7)8(9)10-11;1-11-8-4-2-7(3-5-8)6-9-10;1-10-8-4-2-7(6-9)3-5-8;1-2-4-5-3-1;;;1-2;/h5-8H,4H2,1-3H3;3-6H,1-2H3,(H,14,15);8H,3-7H2,1-2H3;2-5,11H,1H3;2-6,10H,1H3;2-6H,1H3;1-4H2;1H;;2H,1H2;1H2/q;;;;;;;;+1;;/p-1/b;;;10-8+;9-6-;;;;;;. The number of aromatic nitrogens is 2. The van der Waals surface area contributed by atoms with Crippen LogP contribution in [0.25, 0.3) is 22.5 Å². The number of nitrogens with zero attached hydrogens (tertiary/aromatic N) is 5. The van der Waals surface area contributed by atoms with Crippen LogP contribution < -0.4 is 48.4 Å². The summed E-state index contributed by atoms with van der Waals surface area (Å²) >= 11 is 5.55. The summed E-state index contributed by atoms with van der Waals surface area (Å²) in [5, 5.41) is 45.6. The first-order valence-electron chi connectivity index (χ1n) is 27.5. The van der Waals surface area contributed by atoms with Crippen LogP contribution in [0.15, 0.2) is 152 Å². The second kappa shape index (κ2) is 49.8. The van der Waals surface area contributed by atoms with E-state index in [1.54, 1.807) is 172 Å². The first-order valence-corrected chi connectivity index (χ1v) is 27.9. The van der Waals surface area contributed by atoms with Gasteiger partial charge in [0.1, 0.15) is 69.1 Å². The molecule has 2 aromatic heterocycles. The van der Waals surface area contributed by atoms with E-state index in [-0.39, 0.29) is 53.4 Å². The number of halogens is 2. The number of aromatic carboxylic acids is 1. The number of aldehydes is 1. The van der Waals surface area contributed by atoms with Crippen molar-refractivity contribution in [3.05, 3.63) is 172 Å². The maximum atomic E-state index is 11.9. The molecule has 496 valence electrons. The summed E-state index contributed by atoms with van der Waals surface area (Å²) in [4.78, 5) is 46.4. The fourth-order valence-corrected chi connectivity index (χ4v) is 7.71. The zero-order chi connectivity index (χ0) is 65.9. The number of ether oxygens (including phenoxy) is 8. The number of carboxylic acid groups (broad SMARTS) is 1. The van der Waals surface area contributed by atoms with E-state index in [2.05, 4.69) is 31.4 Å². The summed E-state index contributed by atoms with van der Waals surface area (Å²) in [6.07, 6.45) is 8.76. The van der Waals surface area contributed by atoms with E-state index >= 15 is 0 Å². The van der Waals surface area contributed by atoms with Crippen LogP contribution in [-0.2, 0) is 19.0 Å². The molecule has 4 heterocycles. The smallest absolute Gasteiger partial charge is 0.870 e. The van der Waals surface area contributed by atoms with E-state index in [1.165, 1.54) is 31.9 Å². The Morgan fingerprint density at radius 1 is 0.620 bits per heavy atom. The minimum atomic E-state index is -1.05. The molecule has 0 atom stereocenters. The van der Waals surface area contributed by atoms with E-state index in [9.17, 15) is 19.2 Å². The molecule has 7 aromatic rings. The molecule has 92 heavy (non-hydrogen) atoms. The van der Waals surface area contributed by atoms with Gasteiger partial charge in [0.2, 0.25) is 0 Å². The zero-order valence-electron chi connectivity index (χ0n) is 53.4. The monoisotopic (exact) mass is 1310 g/mol. The maximum absolute atomic E-state index is 11.9. The van der Waals surface area contributed by atoms with Gasteiger partial charge >= 0.3 is 36.8 Å². The Morgan fingerprint density at radius 3 is 1.35 bits per heavy atom. The average Bonchev–Trinajstić information content (AvgIpc) is 2.36. The largest absolute Gasteiger partial charge is 1.00 e. The van der Waals surface area contributed by atoms with Crippen LogP contribution in [0.3, 0.4) is 0 Å². The predicted octanol–water partition coefficient (Wildman–Crippen LogP) is 9.20. The van der Waals surface area contributed by atoms with Crippen LogP contribution >= 0.6 is 24.0 Å². The maximum Gasteiger partial charge on any atom is 1.00 e. The number of carbonyl (C=O) groups is 4. The number of esters is 2. The summed E-state index contributed by atoms with van der Waals surface area (Å²) in [7, 11) is 7.94. The molecule has 0 unspecified atom stereocenters. The number of nitrogens with two attached hydrogens (primary N) is 1. The van der Waals surface area contributed by atoms with Crippen molar-refractivity contribution in [2.45, 2.75) is 60.3 Å². The quantitative estimate of drug-likeness (QED) is 0.0114. The summed E-state index contributed by atoms with van der Waals surface area (Å²) in [6, 6.07) is 35.2. The minimum Gasteiger partial charge on any atom is -0.870 e. The van der Waals surface area contributed by atoms with Gasteiger partial charge < -0.3 is 78.0 Å². The van der Waals surface area contributed by atoms with Gasteiger partial charge in [-0.2, -0.15) is 0 Å². The molecule has 2 aliphatic heterocycles. The van der Waals surface area contributed by atoms with Gasteiger partial charge in [-0.25, -0.2) is 20.3 Å². The minimum absolute atomic E-state index is 0. The van der Waals surface area contributed by atoms with Gasteiger partial charge in [-0.3, -0.25) is 4.79 Å². The van der Waals surface area contributed by atoms with Crippen molar-refractivity contribution in [3.8, 4) is 51.3 Å². The van der Waals surface area contributed by atoms with Crippen molar-refractivity contribution >= 4 is 59.6 Å². The number of methoxy groups -OCH3 is 5. The van der Waals surface area contributed by atoms with Gasteiger partial charge in [-0.15, -0.1) is 12.4 Å². The molecule has 0 amide bonds. The fraction of sp³-hybridized carbons (Fsp3) is 0.312. The van der Waals surface area contributed by atoms with Crippen molar-refractivity contribution < 1.29 is 111 Å². The molecule has 7 N–H and O–H groups in total. The number of benzene rings is 5.